The van der Waals surface area contributed by atoms with Gasteiger partial charge in [-0.25, -0.2) is 4.79 Å². The molecular formula is C22H20O13. The van der Waals surface area contributed by atoms with Crippen molar-refractivity contribution in [2.75, 3.05) is 6.61 Å². The number of carbonyl (C=O) groups excluding carboxylic acids is 2. The smallest absolute Gasteiger partial charge is 0.339 e. The second-order valence-corrected chi connectivity index (χ2v) is 8.24. The number of rotatable bonds is 4. The molecule has 4 rings (SSSR count). The first-order chi connectivity index (χ1) is 16.3. The fourth-order valence-electron chi connectivity index (χ4n) is 4.61. The van der Waals surface area contributed by atoms with Gasteiger partial charge in [-0.3, -0.25) is 9.59 Å². The van der Waals surface area contributed by atoms with Crippen LogP contribution in [0.2, 0.25) is 0 Å². The summed E-state index contributed by atoms with van der Waals surface area (Å²) in [6, 6.07) is 0.720. The molecule has 0 bridgehead atoms. The van der Waals surface area contributed by atoms with E-state index in [0.717, 1.165) is 13.0 Å². The van der Waals surface area contributed by atoms with Gasteiger partial charge in [-0.1, -0.05) is 0 Å². The Hall–Kier alpha value is -3.75. The summed E-state index contributed by atoms with van der Waals surface area (Å²) in [5.74, 6) is -8.16. The van der Waals surface area contributed by atoms with Gasteiger partial charge in [0.1, 0.15) is 47.6 Å². The van der Waals surface area contributed by atoms with Crippen molar-refractivity contribution in [2.45, 2.75) is 37.4 Å². The average Bonchev–Trinajstić information content (AvgIpc) is 3.08. The lowest BCUT2D eigenvalue weighted by molar-refractivity contribution is -0.0826. The monoisotopic (exact) mass is 492 g/mol. The Kier molecular flexibility index (Phi) is 5.70. The topological polar surface area (TPSA) is 243 Å². The molecule has 1 saturated heterocycles. The van der Waals surface area contributed by atoms with Crippen LogP contribution in [0.5, 0.6) is 23.0 Å². The van der Waals surface area contributed by atoms with Crippen molar-refractivity contribution in [2.24, 2.45) is 0 Å². The van der Waals surface area contributed by atoms with E-state index in [1.807, 2.05) is 0 Å². The molecule has 2 aliphatic rings. The minimum atomic E-state index is -1.92. The van der Waals surface area contributed by atoms with Crippen molar-refractivity contribution in [1.82, 2.24) is 0 Å². The molecule has 9 N–H and O–H groups in total. The number of aliphatic hydroxyl groups excluding tert-OH is 4. The van der Waals surface area contributed by atoms with Crippen LogP contribution in [0.3, 0.4) is 0 Å². The van der Waals surface area contributed by atoms with Crippen LogP contribution >= 0.6 is 0 Å². The van der Waals surface area contributed by atoms with Gasteiger partial charge in [-0.15, -0.1) is 0 Å². The maximum atomic E-state index is 13.4. The SMILES string of the molecule is Cc1c(C(=O)O)c(O)cc2c1C(=O)c1c(O)c([C@@H]3O[C@H]([C@H](O)CO)[C@H](O)[C@H]3O)c(O)c(O)c1C2=O. The molecular weight excluding hydrogens is 472 g/mol. The van der Waals surface area contributed by atoms with Crippen LogP contribution in [-0.2, 0) is 4.74 Å². The highest BCUT2D eigenvalue weighted by molar-refractivity contribution is 6.31. The Balaban J connectivity index is 1.96. The summed E-state index contributed by atoms with van der Waals surface area (Å²) < 4.78 is 5.31. The molecule has 0 aromatic heterocycles. The van der Waals surface area contributed by atoms with E-state index in [4.69, 9.17) is 9.84 Å². The summed E-state index contributed by atoms with van der Waals surface area (Å²) in [5, 5.41) is 91.1. The third-order valence-electron chi connectivity index (χ3n) is 6.31. The van der Waals surface area contributed by atoms with E-state index in [-0.39, 0.29) is 5.56 Å². The number of hydrogen-bond donors (Lipinski definition) is 9. The average molecular weight is 492 g/mol. The maximum absolute atomic E-state index is 13.4. The molecule has 5 atom stereocenters. The molecule has 0 saturated carbocycles. The summed E-state index contributed by atoms with van der Waals surface area (Å²) in [7, 11) is 0. The molecule has 0 spiro atoms. The van der Waals surface area contributed by atoms with Gasteiger partial charge in [0, 0.05) is 11.1 Å². The van der Waals surface area contributed by atoms with Gasteiger partial charge < -0.3 is 50.7 Å². The molecule has 0 unspecified atom stereocenters. The molecule has 0 radical (unpaired) electrons. The van der Waals surface area contributed by atoms with Gasteiger partial charge in [0.2, 0.25) is 0 Å². The quantitative estimate of drug-likeness (QED) is 0.154. The Labute approximate surface area is 195 Å². The third-order valence-corrected chi connectivity index (χ3v) is 6.31. The van der Waals surface area contributed by atoms with Crippen LogP contribution in [0.25, 0.3) is 0 Å². The molecule has 186 valence electrons. The number of ketones is 2. The highest BCUT2D eigenvalue weighted by Gasteiger charge is 2.50. The fraction of sp³-hybridized carbons (Fsp3) is 0.318. The van der Waals surface area contributed by atoms with Gasteiger partial charge in [-0.05, 0) is 18.6 Å². The number of ether oxygens (including phenoxy) is 1. The van der Waals surface area contributed by atoms with Crippen molar-refractivity contribution in [1.29, 1.82) is 0 Å². The molecule has 13 nitrogen and oxygen atoms in total. The van der Waals surface area contributed by atoms with Crippen molar-refractivity contribution < 1.29 is 65.1 Å². The van der Waals surface area contributed by atoms with Gasteiger partial charge in [-0.2, -0.15) is 0 Å². The lowest BCUT2D eigenvalue weighted by atomic mass is 9.78. The first-order valence-corrected chi connectivity index (χ1v) is 10.2. The maximum Gasteiger partial charge on any atom is 0.339 e. The van der Waals surface area contributed by atoms with Crippen LogP contribution < -0.4 is 0 Å². The molecule has 35 heavy (non-hydrogen) atoms. The Morgan fingerprint density at radius 1 is 0.971 bits per heavy atom. The van der Waals surface area contributed by atoms with Crippen LogP contribution in [0.1, 0.15) is 59.4 Å². The molecule has 13 heteroatoms. The minimum Gasteiger partial charge on any atom is -0.507 e. The number of aliphatic hydroxyl groups is 4. The van der Waals surface area contributed by atoms with Gasteiger partial charge >= 0.3 is 5.97 Å². The summed E-state index contributed by atoms with van der Waals surface area (Å²) in [4.78, 5) is 38.0. The van der Waals surface area contributed by atoms with Crippen LogP contribution in [-0.4, -0.2) is 94.5 Å². The Morgan fingerprint density at radius 2 is 1.57 bits per heavy atom. The summed E-state index contributed by atoms with van der Waals surface area (Å²) in [6.45, 7) is 0.272. The molecule has 1 fully saturated rings. The lowest BCUT2D eigenvalue weighted by Crippen LogP contribution is -2.40. The first-order valence-electron chi connectivity index (χ1n) is 10.2. The van der Waals surface area contributed by atoms with E-state index in [0.29, 0.717) is 0 Å². The number of carboxylic acid groups (broad SMARTS) is 1. The molecule has 0 amide bonds. The number of aromatic carboxylic acids is 1. The van der Waals surface area contributed by atoms with E-state index < -0.39 is 111 Å². The summed E-state index contributed by atoms with van der Waals surface area (Å²) >= 11 is 0. The number of carboxylic acids is 1. The number of phenols is 4. The van der Waals surface area contributed by atoms with E-state index in [1.165, 1.54) is 0 Å². The van der Waals surface area contributed by atoms with E-state index in [9.17, 15) is 55.2 Å². The second kappa shape index (κ2) is 8.18. The van der Waals surface area contributed by atoms with Crippen molar-refractivity contribution in [3.05, 3.63) is 45.0 Å². The number of hydrogen-bond acceptors (Lipinski definition) is 12. The number of benzene rings is 2. The molecule has 1 aliphatic carbocycles. The van der Waals surface area contributed by atoms with E-state index >= 15 is 0 Å². The number of carbonyl (C=O) groups is 3. The normalized spacial score (nSPS) is 24.3. The predicted molar refractivity (Wildman–Crippen MR) is 111 cm³/mol. The van der Waals surface area contributed by atoms with E-state index in [1.54, 1.807) is 0 Å². The van der Waals surface area contributed by atoms with E-state index in [2.05, 4.69) is 0 Å². The highest BCUT2D eigenvalue weighted by Crippen LogP contribution is 2.52. The van der Waals surface area contributed by atoms with Gasteiger partial charge in [0.05, 0.1) is 23.3 Å². The zero-order chi connectivity index (χ0) is 26.1. The summed E-state index contributed by atoms with van der Waals surface area (Å²) in [6.07, 6.45) is -8.83. The van der Waals surface area contributed by atoms with Crippen molar-refractivity contribution in [3.8, 4) is 23.0 Å². The minimum absolute atomic E-state index is 0.302. The lowest BCUT2D eigenvalue weighted by Gasteiger charge is -2.26. The zero-order valence-electron chi connectivity index (χ0n) is 17.8. The standard InChI is InChI=1S/C22H20O13/c1-4-8-5(2-6(24)9(4)22(33)34)13(26)10-11(14(8)27)15(28)12(17(30)16(10)29)21-19(32)18(31)20(35-21)7(25)3-23/h2,7,18-21,23-25,28-32H,3H2,1H3,(H,33,34)/t7-,18-,19-,20-,21+/m1/s1. The van der Waals surface area contributed by atoms with Crippen molar-refractivity contribution in [3.63, 3.8) is 0 Å². The molecule has 1 aliphatic heterocycles. The van der Waals surface area contributed by atoms with Gasteiger partial charge in [0.15, 0.2) is 23.1 Å². The van der Waals surface area contributed by atoms with Gasteiger partial charge in [0.25, 0.3) is 0 Å². The van der Waals surface area contributed by atoms with Crippen molar-refractivity contribution >= 4 is 17.5 Å². The third kappa shape index (κ3) is 3.25. The summed E-state index contributed by atoms with van der Waals surface area (Å²) in [5.41, 5.74) is -4.41. The number of fused-ring (bicyclic) bond motifs is 2. The molecule has 2 aromatic rings. The highest BCUT2D eigenvalue weighted by atomic mass is 16.6. The van der Waals surface area contributed by atoms with Crippen LogP contribution in [0.15, 0.2) is 6.07 Å². The first kappa shape index (κ1) is 24.4. The zero-order valence-corrected chi connectivity index (χ0v) is 17.8. The predicted octanol–water partition coefficient (Wildman–Crippen LogP) is -1.19. The fourth-order valence-corrected chi connectivity index (χ4v) is 4.61. The number of aromatic hydroxyl groups is 4. The largest absolute Gasteiger partial charge is 0.507 e. The Morgan fingerprint density at radius 3 is 2.14 bits per heavy atom. The van der Waals surface area contributed by atoms with Crippen LogP contribution in [0.4, 0.5) is 0 Å². The molecule has 2 aromatic carbocycles. The van der Waals surface area contributed by atoms with Crippen LogP contribution in [0, 0.1) is 6.92 Å². The Bertz CT molecular complexity index is 1300. The second-order valence-electron chi connectivity index (χ2n) is 8.24. The molecule has 1 heterocycles. The number of phenolic OH excluding ortho intramolecular Hbond substituents is 3.